The molecule has 148 valence electrons. The van der Waals surface area contributed by atoms with Crippen LogP contribution in [0.25, 0.3) is 0 Å². The third kappa shape index (κ3) is 4.08. The zero-order valence-corrected chi connectivity index (χ0v) is 17.1. The number of nitrogens with one attached hydrogen (secondary N) is 1. The van der Waals surface area contributed by atoms with Gasteiger partial charge >= 0.3 is 5.97 Å². The Hall–Kier alpha value is -2.31. The molecule has 8 heteroatoms. The Kier molecular flexibility index (Phi) is 6.10. The Balaban J connectivity index is 1.83. The van der Waals surface area contributed by atoms with E-state index >= 15 is 0 Å². The number of amides is 1. The van der Waals surface area contributed by atoms with Gasteiger partial charge in [0.25, 0.3) is 0 Å². The third-order valence-corrected chi connectivity index (χ3v) is 5.79. The molecule has 0 aliphatic heterocycles. The summed E-state index contributed by atoms with van der Waals surface area (Å²) in [6.07, 6.45) is 4.43. The number of hydrogen-bond donors (Lipinski definition) is 2. The van der Waals surface area contributed by atoms with Crippen LogP contribution in [0.3, 0.4) is 0 Å². The molecule has 3 rings (SSSR count). The van der Waals surface area contributed by atoms with Crippen molar-refractivity contribution in [2.75, 3.05) is 5.32 Å². The Labute approximate surface area is 173 Å². The molecule has 0 saturated heterocycles. The minimum atomic E-state index is -0.956. The average molecular weight is 422 g/mol. The van der Waals surface area contributed by atoms with Crippen LogP contribution >= 0.6 is 23.2 Å². The second kappa shape index (κ2) is 8.37. The van der Waals surface area contributed by atoms with Gasteiger partial charge in [-0.1, -0.05) is 41.4 Å². The van der Waals surface area contributed by atoms with Crippen molar-refractivity contribution >= 4 is 40.8 Å². The molecule has 1 amide bonds. The molecule has 0 radical (unpaired) electrons. The minimum Gasteiger partial charge on any atom is -0.481 e. The van der Waals surface area contributed by atoms with E-state index < -0.39 is 17.8 Å². The monoisotopic (exact) mass is 421 g/mol. The molecule has 0 spiro atoms. The number of carboxylic acids is 1. The molecule has 0 bridgehead atoms. The normalized spacial score (nSPS) is 18.9. The Morgan fingerprint density at radius 1 is 1.18 bits per heavy atom. The summed E-state index contributed by atoms with van der Waals surface area (Å²) < 4.78 is 1.73. The van der Waals surface area contributed by atoms with Crippen molar-refractivity contribution in [2.45, 2.75) is 33.2 Å². The smallest absolute Gasteiger partial charge is 0.307 e. The van der Waals surface area contributed by atoms with Crippen LogP contribution in [-0.2, 0) is 16.1 Å². The largest absolute Gasteiger partial charge is 0.481 e. The molecule has 1 aromatic carbocycles. The average Bonchev–Trinajstić information content (AvgIpc) is 2.92. The zero-order chi connectivity index (χ0) is 20.4. The van der Waals surface area contributed by atoms with Crippen LogP contribution in [0.1, 0.15) is 29.8 Å². The van der Waals surface area contributed by atoms with Crippen molar-refractivity contribution < 1.29 is 14.7 Å². The highest BCUT2D eigenvalue weighted by Gasteiger charge is 2.34. The van der Waals surface area contributed by atoms with Crippen LogP contribution in [0.5, 0.6) is 0 Å². The first-order valence-electron chi connectivity index (χ1n) is 8.95. The lowest BCUT2D eigenvalue weighted by Crippen LogP contribution is -2.35. The molecule has 0 saturated carbocycles. The number of carbonyl (C=O) groups is 2. The van der Waals surface area contributed by atoms with Crippen LogP contribution in [-0.4, -0.2) is 26.8 Å². The summed E-state index contributed by atoms with van der Waals surface area (Å²) in [6.45, 7) is 4.00. The summed E-state index contributed by atoms with van der Waals surface area (Å²) in [5.74, 6) is -2.59. The number of hydrogen-bond acceptors (Lipinski definition) is 3. The molecule has 2 N–H and O–H groups in total. The van der Waals surface area contributed by atoms with Gasteiger partial charge in [0, 0.05) is 15.6 Å². The van der Waals surface area contributed by atoms with Crippen molar-refractivity contribution in [1.29, 1.82) is 0 Å². The molecule has 2 atom stereocenters. The lowest BCUT2D eigenvalue weighted by Gasteiger charge is -2.24. The van der Waals surface area contributed by atoms with Crippen molar-refractivity contribution in [2.24, 2.45) is 11.8 Å². The summed E-state index contributed by atoms with van der Waals surface area (Å²) in [5.41, 5.74) is 2.73. The van der Waals surface area contributed by atoms with Gasteiger partial charge in [0.2, 0.25) is 5.91 Å². The van der Waals surface area contributed by atoms with Gasteiger partial charge in [0.05, 0.1) is 35.5 Å². The standard InChI is InChI=1S/C20H21Cl2N3O3/c1-11-18(23-19(26)13-6-3-4-7-14(13)20(27)28)12(2)25(24-11)10-15-16(21)8-5-9-17(15)22/h3-5,8-9,13-14H,6-7,10H2,1-2H3,(H,23,26)(H,27,28)/t13-,14+/m1/s1. The van der Waals surface area contributed by atoms with E-state index in [4.69, 9.17) is 23.2 Å². The SMILES string of the molecule is Cc1nn(Cc2c(Cl)cccc2Cl)c(C)c1NC(=O)[C@@H]1CC=CC[C@@H]1C(=O)O. The molecule has 2 aromatic rings. The number of nitrogens with zero attached hydrogens (tertiary/aromatic N) is 2. The molecule has 1 aromatic heterocycles. The van der Waals surface area contributed by atoms with Crippen LogP contribution in [0.4, 0.5) is 5.69 Å². The van der Waals surface area contributed by atoms with E-state index in [-0.39, 0.29) is 5.91 Å². The molecule has 1 aliphatic carbocycles. The highest BCUT2D eigenvalue weighted by atomic mass is 35.5. The first-order chi connectivity index (χ1) is 13.3. The van der Waals surface area contributed by atoms with E-state index in [9.17, 15) is 14.7 Å². The summed E-state index contributed by atoms with van der Waals surface area (Å²) in [6, 6.07) is 5.30. The van der Waals surface area contributed by atoms with Gasteiger partial charge in [0.1, 0.15) is 0 Å². The maximum Gasteiger partial charge on any atom is 0.307 e. The van der Waals surface area contributed by atoms with E-state index in [1.54, 1.807) is 29.8 Å². The zero-order valence-electron chi connectivity index (χ0n) is 15.6. The van der Waals surface area contributed by atoms with Crippen LogP contribution in [0.2, 0.25) is 10.0 Å². The van der Waals surface area contributed by atoms with Crippen LogP contribution in [0.15, 0.2) is 30.4 Å². The highest BCUT2D eigenvalue weighted by Crippen LogP contribution is 2.30. The summed E-state index contributed by atoms with van der Waals surface area (Å²) in [4.78, 5) is 24.2. The van der Waals surface area contributed by atoms with E-state index in [1.807, 2.05) is 19.1 Å². The molecule has 0 unspecified atom stereocenters. The van der Waals surface area contributed by atoms with Crippen LogP contribution < -0.4 is 5.32 Å². The van der Waals surface area contributed by atoms with Gasteiger partial charge in [-0.25, -0.2) is 0 Å². The number of benzene rings is 1. The first-order valence-corrected chi connectivity index (χ1v) is 9.70. The van der Waals surface area contributed by atoms with Gasteiger partial charge in [-0.3, -0.25) is 14.3 Å². The maximum absolute atomic E-state index is 12.8. The van der Waals surface area contributed by atoms with Crippen LogP contribution in [0, 0.1) is 25.7 Å². The van der Waals surface area contributed by atoms with E-state index in [2.05, 4.69) is 10.4 Å². The lowest BCUT2D eigenvalue weighted by molar-refractivity contribution is -0.146. The molecular formula is C20H21Cl2N3O3. The quantitative estimate of drug-likeness (QED) is 0.697. The van der Waals surface area contributed by atoms with Gasteiger partial charge < -0.3 is 10.4 Å². The van der Waals surface area contributed by atoms with Gasteiger partial charge in [-0.15, -0.1) is 0 Å². The first kappa shape index (κ1) is 20.4. The second-order valence-electron chi connectivity index (χ2n) is 6.89. The molecular weight excluding hydrogens is 401 g/mol. The fraction of sp³-hybridized carbons (Fsp3) is 0.350. The number of rotatable bonds is 5. The Morgan fingerprint density at radius 2 is 1.79 bits per heavy atom. The fourth-order valence-corrected chi connectivity index (χ4v) is 3.97. The third-order valence-electron chi connectivity index (χ3n) is 5.09. The summed E-state index contributed by atoms with van der Waals surface area (Å²) in [7, 11) is 0. The van der Waals surface area contributed by atoms with Crippen molar-refractivity contribution in [1.82, 2.24) is 9.78 Å². The van der Waals surface area contributed by atoms with Crippen molar-refractivity contribution in [3.05, 3.63) is 57.3 Å². The number of anilines is 1. The number of aromatic nitrogens is 2. The topological polar surface area (TPSA) is 84.2 Å². The maximum atomic E-state index is 12.8. The fourth-order valence-electron chi connectivity index (χ4n) is 3.46. The summed E-state index contributed by atoms with van der Waals surface area (Å²) >= 11 is 12.5. The number of aliphatic carboxylic acids is 1. The van der Waals surface area contributed by atoms with Crippen molar-refractivity contribution in [3.8, 4) is 0 Å². The van der Waals surface area contributed by atoms with Gasteiger partial charge in [-0.05, 0) is 38.8 Å². The molecule has 0 fully saturated rings. The predicted molar refractivity (Wildman–Crippen MR) is 109 cm³/mol. The number of carbonyl (C=O) groups excluding carboxylic acids is 1. The Bertz CT molecular complexity index is 932. The van der Waals surface area contributed by atoms with Gasteiger partial charge in [-0.2, -0.15) is 5.10 Å². The molecule has 1 heterocycles. The molecule has 6 nitrogen and oxygen atoms in total. The number of aryl methyl sites for hydroxylation is 1. The van der Waals surface area contributed by atoms with E-state index in [1.165, 1.54) is 0 Å². The summed E-state index contributed by atoms with van der Waals surface area (Å²) in [5, 5.41) is 17.9. The number of halogens is 2. The van der Waals surface area contributed by atoms with E-state index in [0.717, 1.165) is 11.3 Å². The molecule has 28 heavy (non-hydrogen) atoms. The Morgan fingerprint density at radius 3 is 2.39 bits per heavy atom. The molecule has 1 aliphatic rings. The number of allylic oxidation sites excluding steroid dienone is 2. The number of carboxylic acid groups (broad SMARTS) is 1. The predicted octanol–water partition coefficient (Wildman–Crippen LogP) is 4.46. The van der Waals surface area contributed by atoms with Gasteiger partial charge in [0.15, 0.2) is 0 Å². The van der Waals surface area contributed by atoms with Crippen molar-refractivity contribution in [3.63, 3.8) is 0 Å². The lowest BCUT2D eigenvalue weighted by atomic mass is 9.82. The van der Waals surface area contributed by atoms with E-state index in [0.29, 0.717) is 40.8 Å². The second-order valence-corrected chi connectivity index (χ2v) is 7.70. The minimum absolute atomic E-state index is 0.307. The highest BCUT2D eigenvalue weighted by molar-refractivity contribution is 6.35.